The summed E-state index contributed by atoms with van der Waals surface area (Å²) in [6.07, 6.45) is 8.60. The molecule has 20 heavy (non-hydrogen) atoms. The Morgan fingerprint density at radius 2 is 2.30 bits per heavy atom. The van der Waals surface area contributed by atoms with Gasteiger partial charge in [-0.15, -0.1) is 0 Å². The third-order valence-electron chi connectivity index (χ3n) is 3.93. The summed E-state index contributed by atoms with van der Waals surface area (Å²) in [6.45, 7) is 4.31. The van der Waals surface area contributed by atoms with Gasteiger partial charge in [-0.1, -0.05) is 13.3 Å². The van der Waals surface area contributed by atoms with Crippen molar-refractivity contribution in [3.8, 4) is 0 Å². The van der Waals surface area contributed by atoms with E-state index in [9.17, 15) is 0 Å². The molecule has 1 atom stereocenters. The zero-order chi connectivity index (χ0) is 13.9. The zero-order valence-electron chi connectivity index (χ0n) is 12.1. The van der Waals surface area contributed by atoms with E-state index >= 15 is 0 Å². The molecule has 6 heteroatoms. The highest BCUT2D eigenvalue weighted by Crippen LogP contribution is 2.25. The van der Waals surface area contributed by atoms with Crippen molar-refractivity contribution in [1.82, 2.24) is 19.6 Å². The summed E-state index contributed by atoms with van der Waals surface area (Å²) >= 11 is 1.97. The Labute approximate surface area is 123 Å². The smallest absolute Gasteiger partial charge is 0.254 e. The summed E-state index contributed by atoms with van der Waals surface area (Å²) in [5.41, 5.74) is 1.09. The van der Waals surface area contributed by atoms with Gasteiger partial charge in [0.05, 0.1) is 0 Å². The maximum absolute atomic E-state index is 4.53. The van der Waals surface area contributed by atoms with Crippen molar-refractivity contribution in [2.45, 2.75) is 37.9 Å². The van der Waals surface area contributed by atoms with Crippen LogP contribution in [0.3, 0.4) is 0 Å². The average Bonchev–Trinajstić information content (AvgIpc) is 2.82. The lowest BCUT2D eigenvalue weighted by Gasteiger charge is -2.26. The minimum atomic E-state index is 0.703. The van der Waals surface area contributed by atoms with Crippen molar-refractivity contribution >= 4 is 23.4 Å². The molecule has 108 valence electrons. The van der Waals surface area contributed by atoms with Crippen LogP contribution in [-0.4, -0.2) is 44.2 Å². The summed E-state index contributed by atoms with van der Waals surface area (Å²) in [4.78, 5) is 11.2. The summed E-state index contributed by atoms with van der Waals surface area (Å²) in [5, 5.41) is 5.05. The van der Waals surface area contributed by atoms with E-state index in [0.717, 1.165) is 31.0 Å². The van der Waals surface area contributed by atoms with E-state index in [2.05, 4.69) is 39.2 Å². The summed E-state index contributed by atoms with van der Waals surface area (Å²) in [5.74, 6) is 1.86. The van der Waals surface area contributed by atoms with Gasteiger partial charge in [0.15, 0.2) is 0 Å². The Balaban J connectivity index is 2.00. The highest BCUT2D eigenvalue weighted by atomic mass is 32.2. The Kier molecular flexibility index (Phi) is 4.10. The molecule has 0 N–H and O–H groups in total. The van der Waals surface area contributed by atoms with Crippen molar-refractivity contribution in [3.63, 3.8) is 0 Å². The Morgan fingerprint density at radius 1 is 1.40 bits per heavy atom. The van der Waals surface area contributed by atoms with Gasteiger partial charge in [-0.05, 0) is 25.5 Å². The first-order valence-electron chi connectivity index (χ1n) is 7.29. The van der Waals surface area contributed by atoms with E-state index < -0.39 is 0 Å². The van der Waals surface area contributed by atoms with Crippen LogP contribution in [0.2, 0.25) is 0 Å². The Bertz CT molecular complexity index is 582. The van der Waals surface area contributed by atoms with Crippen LogP contribution in [0.25, 0.3) is 5.78 Å². The highest BCUT2D eigenvalue weighted by molar-refractivity contribution is 7.99. The van der Waals surface area contributed by atoms with Crippen LogP contribution < -0.4 is 4.90 Å². The predicted molar refractivity (Wildman–Crippen MR) is 83.5 cm³/mol. The molecule has 1 saturated heterocycles. The first kappa shape index (κ1) is 13.7. The molecule has 0 aromatic carbocycles. The van der Waals surface area contributed by atoms with E-state index in [1.165, 1.54) is 19.3 Å². The molecule has 1 aliphatic heterocycles. The van der Waals surface area contributed by atoms with E-state index in [-0.39, 0.29) is 0 Å². The van der Waals surface area contributed by atoms with Crippen LogP contribution in [-0.2, 0) is 6.42 Å². The summed E-state index contributed by atoms with van der Waals surface area (Å²) in [7, 11) is 0. The maximum atomic E-state index is 4.53. The molecule has 0 saturated carbocycles. The molecule has 0 aliphatic carbocycles. The predicted octanol–water partition coefficient (Wildman–Crippen LogP) is 2.41. The molecule has 2 aromatic heterocycles. The van der Waals surface area contributed by atoms with E-state index in [4.69, 9.17) is 0 Å². The standard InChI is InChI=1S/C14H21N5S/c1-3-11-8-13(19-14(17-11)15-10-16-19)18-7-5-4-6-12(9-18)20-2/h8,10,12H,3-7,9H2,1-2H3. The van der Waals surface area contributed by atoms with Gasteiger partial charge in [-0.3, -0.25) is 0 Å². The second-order valence-electron chi connectivity index (χ2n) is 5.23. The topological polar surface area (TPSA) is 46.3 Å². The van der Waals surface area contributed by atoms with E-state index in [1.807, 2.05) is 16.3 Å². The maximum Gasteiger partial charge on any atom is 0.254 e. The van der Waals surface area contributed by atoms with Gasteiger partial charge < -0.3 is 4.90 Å². The van der Waals surface area contributed by atoms with E-state index in [0.29, 0.717) is 11.0 Å². The number of aryl methyl sites for hydroxylation is 1. The van der Waals surface area contributed by atoms with Crippen molar-refractivity contribution in [1.29, 1.82) is 0 Å². The summed E-state index contributed by atoms with van der Waals surface area (Å²) in [6, 6.07) is 2.17. The van der Waals surface area contributed by atoms with Crippen molar-refractivity contribution in [2.24, 2.45) is 0 Å². The minimum absolute atomic E-state index is 0.703. The van der Waals surface area contributed by atoms with Gasteiger partial charge in [-0.25, -0.2) is 4.98 Å². The molecule has 1 fully saturated rings. The number of rotatable bonds is 3. The lowest BCUT2D eigenvalue weighted by Crippen LogP contribution is -2.31. The molecule has 0 spiro atoms. The van der Waals surface area contributed by atoms with Crippen molar-refractivity contribution < 1.29 is 0 Å². The normalized spacial score (nSPS) is 20.3. The zero-order valence-corrected chi connectivity index (χ0v) is 12.9. The lowest BCUT2D eigenvalue weighted by atomic mass is 10.2. The quantitative estimate of drug-likeness (QED) is 0.869. The summed E-state index contributed by atoms with van der Waals surface area (Å²) < 4.78 is 1.88. The first-order chi connectivity index (χ1) is 9.81. The average molecular weight is 291 g/mol. The van der Waals surface area contributed by atoms with Gasteiger partial charge in [0.25, 0.3) is 5.78 Å². The molecule has 5 nitrogen and oxygen atoms in total. The van der Waals surface area contributed by atoms with Crippen LogP contribution in [0.4, 0.5) is 5.82 Å². The second-order valence-corrected chi connectivity index (χ2v) is 6.37. The van der Waals surface area contributed by atoms with Crippen LogP contribution in [0, 0.1) is 0 Å². The van der Waals surface area contributed by atoms with Gasteiger partial charge in [0.2, 0.25) is 0 Å². The number of hydrogen-bond acceptors (Lipinski definition) is 5. The monoisotopic (exact) mass is 291 g/mol. The molecule has 0 amide bonds. The van der Waals surface area contributed by atoms with Gasteiger partial charge in [0, 0.05) is 30.1 Å². The minimum Gasteiger partial charge on any atom is -0.355 e. The number of fused-ring (bicyclic) bond motifs is 1. The molecule has 3 heterocycles. The number of aromatic nitrogens is 4. The van der Waals surface area contributed by atoms with Crippen LogP contribution >= 0.6 is 11.8 Å². The molecule has 3 rings (SSSR count). The van der Waals surface area contributed by atoms with Crippen molar-refractivity contribution in [2.75, 3.05) is 24.2 Å². The third kappa shape index (κ3) is 2.61. The fourth-order valence-electron chi connectivity index (χ4n) is 2.75. The number of nitrogens with zero attached hydrogens (tertiary/aromatic N) is 5. The molecule has 0 radical (unpaired) electrons. The second kappa shape index (κ2) is 5.99. The fraction of sp³-hybridized carbons (Fsp3) is 0.643. The molecular formula is C14H21N5S. The largest absolute Gasteiger partial charge is 0.355 e. The highest BCUT2D eigenvalue weighted by Gasteiger charge is 2.20. The van der Waals surface area contributed by atoms with E-state index in [1.54, 1.807) is 6.33 Å². The third-order valence-corrected chi connectivity index (χ3v) is 4.99. The number of thioether (sulfide) groups is 1. The molecule has 1 aliphatic rings. The first-order valence-corrected chi connectivity index (χ1v) is 8.58. The van der Waals surface area contributed by atoms with Gasteiger partial charge in [0.1, 0.15) is 12.1 Å². The Hall–Kier alpha value is -1.30. The molecule has 0 bridgehead atoms. The molecule has 1 unspecified atom stereocenters. The fourth-order valence-corrected chi connectivity index (χ4v) is 3.49. The number of anilines is 1. The molecular weight excluding hydrogens is 270 g/mol. The molecule has 2 aromatic rings. The lowest BCUT2D eigenvalue weighted by molar-refractivity contribution is 0.734. The van der Waals surface area contributed by atoms with Crippen molar-refractivity contribution in [3.05, 3.63) is 18.1 Å². The van der Waals surface area contributed by atoms with Gasteiger partial charge >= 0.3 is 0 Å². The Morgan fingerprint density at radius 3 is 3.10 bits per heavy atom. The SMILES string of the molecule is CCc1cc(N2CCCCC(SC)C2)n2ncnc2n1. The van der Waals surface area contributed by atoms with Gasteiger partial charge in [-0.2, -0.15) is 26.4 Å². The van der Waals surface area contributed by atoms with Crippen LogP contribution in [0.1, 0.15) is 31.9 Å². The van der Waals surface area contributed by atoms with Crippen LogP contribution in [0.15, 0.2) is 12.4 Å². The number of hydrogen-bond donors (Lipinski definition) is 0. The van der Waals surface area contributed by atoms with Crippen LogP contribution in [0.5, 0.6) is 0 Å².